The highest BCUT2D eigenvalue weighted by molar-refractivity contribution is 5.48. The number of benzene rings is 1. The number of rotatable bonds is 3. The molecule has 0 atom stereocenters. The second-order valence-corrected chi connectivity index (χ2v) is 5.89. The second kappa shape index (κ2) is 5.70. The summed E-state index contributed by atoms with van der Waals surface area (Å²) >= 11 is 0. The van der Waals surface area contributed by atoms with Crippen LogP contribution < -0.4 is 5.32 Å². The van der Waals surface area contributed by atoms with Gasteiger partial charge in [-0.25, -0.2) is 4.98 Å². The molecule has 1 fully saturated rings. The van der Waals surface area contributed by atoms with Gasteiger partial charge in [-0.15, -0.1) is 0 Å². The molecule has 0 bridgehead atoms. The molecule has 3 heteroatoms. The van der Waals surface area contributed by atoms with Gasteiger partial charge in [0.05, 0.1) is 5.69 Å². The standard InChI is InChI=1S/C17H23N3/c1-13-8-9-14(2)16(12-13)20-11-10-18-17(20)19-15-6-4-3-5-7-15/h8-12,15H,3-7H2,1-2H3,(H,18,19). The summed E-state index contributed by atoms with van der Waals surface area (Å²) in [4.78, 5) is 4.51. The monoisotopic (exact) mass is 269 g/mol. The van der Waals surface area contributed by atoms with E-state index in [0.717, 1.165) is 5.95 Å². The minimum Gasteiger partial charge on any atom is -0.353 e. The van der Waals surface area contributed by atoms with Gasteiger partial charge >= 0.3 is 0 Å². The zero-order valence-corrected chi connectivity index (χ0v) is 12.4. The molecule has 20 heavy (non-hydrogen) atoms. The van der Waals surface area contributed by atoms with E-state index >= 15 is 0 Å². The van der Waals surface area contributed by atoms with E-state index in [0.29, 0.717) is 6.04 Å². The van der Waals surface area contributed by atoms with Crippen molar-refractivity contribution in [3.63, 3.8) is 0 Å². The van der Waals surface area contributed by atoms with Crippen molar-refractivity contribution in [1.29, 1.82) is 0 Å². The highest BCUT2D eigenvalue weighted by atomic mass is 15.2. The molecule has 1 saturated carbocycles. The van der Waals surface area contributed by atoms with Gasteiger partial charge in [0.15, 0.2) is 0 Å². The first-order valence-corrected chi connectivity index (χ1v) is 7.61. The Bertz CT molecular complexity index is 580. The lowest BCUT2D eigenvalue weighted by molar-refractivity contribution is 0.460. The SMILES string of the molecule is Cc1ccc(C)c(-n2ccnc2NC2CCCCC2)c1. The fourth-order valence-electron chi connectivity index (χ4n) is 3.01. The quantitative estimate of drug-likeness (QED) is 0.903. The van der Waals surface area contributed by atoms with Gasteiger partial charge < -0.3 is 5.32 Å². The van der Waals surface area contributed by atoms with Crippen molar-refractivity contribution in [3.05, 3.63) is 41.7 Å². The molecule has 1 aromatic heterocycles. The molecular formula is C17H23N3. The summed E-state index contributed by atoms with van der Waals surface area (Å²) in [5.74, 6) is 0.977. The van der Waals surface area contributed by atoms with Crippen LogP contribution in [0.5, 0.6) is 0 Å². The Morgan fingerprint density at radius 1 is 1.15 bits per heavy atom. The zero-order valence-electron chi connectivity index (χ0n) is 12.4. The molecule has 1 aliphatic rings. The molecule has 1 aromatic carbocycles. The van der Waals surface area contributed by atoms with Crippen molar-refractivity contribution >= 4 is 5.95 Å². The summed E-state index contributed by atoms with van der Waals surface area (Å²) in [5, 5.41) is 3.63. The van der Waals surface area contributed by atoms with Gasteiger partial charge in [-0.3, -0.25) is 4.57 Å². The van der Waals surface area contributed by atoms with E-state index in [9.17, 15) is 0 Å². The molecule has 106 valence electrons. The third-order valence-corrected chi connectivity index (χ3v) is 4.20. The predicted octanol–water partition coefficient (Wildman–Crippen LogP) is 4.23. The van der Waals surface area contributed by atoms with Gasteiger partial charge in [-0.2, -0.15) is 0 Å². The second-order valence-electron chi connectivity index (χ2n) is 5.89. The van der Waals surface area contributed by atoms with Crippen LogP contribution in [0.25, 0.3) is 5.69 Å². The van der Waals surface area contributed by atoms with Gasteiger partial charge in [-0.05, 0) is 43.9 Å². The van der Waals surface area contributed by atoms with Crippen LogP contribution >= 0.6 is 0 Å². The molecule has 0 amide bonds. The Kier molecular flexibility index (Phi) is 3.77. The highest BCUT2D eigenvalue weighted by Gasteiger charge is 2.16. The molecule has 1 aliphatic carbocycles. The third-order valence-electron chi connectivity index (χ3n) is 4.20. The first-order chi connectivity index (χ1) is 9.74. The number of aromatic nitrogens is 2. The van der Waals surface area contributed by atoms with E-state index < -0.39 is 0 Å². The number of nitrogens with one attached hydrogen (secondary N) is 1. The molecule has 0 unspecified atom stereocenters. The van der Waals surface area contributed by atoms with Crippen molar-refractivity contribution in [1.82, 2.24) is 9.55 Å². The summed E-state index contributed by atoms with van der Waals surface area (Å²) in [7, 11) is 0. The van der Waals surface area contributed by atoms with Crippen LogP contribution in [0.15, 0.2) is 30.6 Å². The smallest absolute Gasteiger partial charge is 0.207 e. The number of imidazole rings is 1. The molecule has 0 spiro atoms. The average molecular weight is 269 g/mol. The summed E-state index contributed by atoms with van der Waals surface area (Å²) < 4.78 is 2.18. The van der Waals surface area contributed by atoms with E-state index in [2.05, 4.69) is 46.9 Å². The Morgan fingerprint density at radius 2 is 1.95 bits per heavy atom. The summed E-state index contributed by atoms with van der Waals surface area (Å²) in [6, 6.07) is 7.14. The summed E-state index contributed by atoms with van der Waals surface area (Å²) in [6.45, 7) is 4.28. The van der Waals surface area contributed by atoms with E-state index in [1.54, 1.807) is 0 Å². The lowest BCUT2D eigenvalue weighted by atomic mass is 9.96. The van der Waals surface area contributed by atoms with E-state index in [-0.39, 0.29) is 0 Å². The van der Waals surface area contributed by atoms with E-state index in [1.165, 1.54) is 48.9 Å². The number of hydrogen-bond donors (Lipinski definition) is 1. The van der Waals surface area contributed by atoms with Crippen LogP contribution in [0.3, 0.4) is 0 Å². The molecule has 0 saturated heterocycles. The molecular weight excluding hydrogens is 246 g/mol. The van der Waals surface area contributed by atoms with Crippen LogP contribution in [0.1, 0.15) is 43.2 Å². The highest BCUT2D eigenvalue weighted by Crippen LogP contribution is 2.24. The van der Waals surface area contributed by atoms with Crippen molar-refractivity contribution in [2.75, 3.05) is 5.32 Å². The maximum Gasteiger partial charge on any atom is 0.207 e. The van der Waals surface area contributed by atoms with Gasteiger partial charge in [0, 0.05) is 18.4 Å². The Labute approximate surface area is 121 Å². The molecule has 1 heterocycles. The summed E-state index contributed by atoms with van der Waals surface area (Å²) in [5.41, 5.74) is 3.78. The Hall–Kier alpha value is -1.77. The lowest BCUT2D eigenvalue weighted by Gasteiger charge is -2.24. The number of aryl methyl sites for hydroxylation is 2. The molecule has 2 aromatic rings. The number of hydrogen-bond acceptors (Lipinski definition) is 2. The van der Waals surface area contributed by atoms with Crippen molar-refractivity contribution in [3.8, 4) is 5.69 Å². The van der Waals surface area contributed by atoms with Gasteiger partial charge in [0.1, 0.15) is 0 Å². The minimum atomic E-state index is 0.579. The van der Waals surface area contributed by atoms with Gasteiger partial charge in [0.2, 0.25) is 5.95 Å². The third kappa shape index (κ3) is 2.72. The molecule has 0 radical (unpaired) electrons. The van der Waals surface area contributed by atoms with Gasteiger partial charge in [-0.1, -0.05) is 31.4 Å². The minimum absolute atomic E-state index is 0.579. The van der Waals surface area contributed by atoms with Crippen molar-refractivity contribution in [2.24, 2.45) is 0 Å². The van der Waals surface area contributed by atoms with Gasteiger partial charge in [0.25, 0.3) is 0 Å². The van der Waals surface area contributed by atoms with Crippen LogP contribution in [0.2, 0.25) is 0 Å². The van der Waals surface area contributed by atoms with Crippen LogP contribution in [-0.2, 0) is 0 Å². The van der Waals surface area contributed by atoms with E-state index in [1.807, 2.05) is 12.4 Å². The largest absolute Gasteiger partial charge is 0.353 e. The summed E-state index contributed by atoms with van der Waals surface area (Å²) in [6.07, 6.45) is 10.5. The first kappa shape index (κ1) is 13.2. The molecule has 3 nitrogen and oxygen atoms in total. The van der Waals surface area contributed by atoms with Crippen LogP contribution in [0, 0.1) is 13.8 Å². The molecule has 1 N–H and O–H groups in total. The Balaban J connectivity index is 1.87. The molecule has 0 aliphatic heterocycles. The average Bonchev–Trinajstić information content (AvgIpc) is 2.91. The fraction of sp³-hybridized carbons (Fsp3) is 0.471. The Morgan fingerprint density at radius 3 is 2.75 bits per heavy atom. The maximum atomic E-state index is 4.51. The van der Waals surface area contributed by atoms with E-state index in [4.69, 9.17) is 0 Å². The zero-order chi connectivity index (χ0) is 13.9. The lowest BCUT2D eigenvalue weighted by Crippen LogP contribution is -2.24. The number of anilines is 1. The maximum absolute atomic E-state index is 4.51. The predicted molar refractivity (Wildman–Crippen MR) is 83.5 cm³/mol. The topological polar surface area (TPSA) is 29.9 Å². The molecule has 3 rings (SSSR count). The normalized spacial score (nSPS) is 16.3. The van der Waals surface area contributed by atoms with Crippen LogP contribution in [0.4, 0.5) is 5.95 Å². The van der Waals surface area contributed by atoms with Crippen molar-refractivity contribution in [2.45, 2.75) is 52.0 Å². The van der Waals surface area contributed by atoms with Crippen LogP contribution in [-0.4, -0.2) is 15.6 Å². The fourth-order valence-corrected chi connectivity index (χ4v) is 3.01. The van der Waals surface area contributed by atoms with Crippen molar-refractivity contribution < 1.29 is 0 Å². The number of nitrogens with zero attached hydrogens (tertiary/aromatic N) is 2. The first-order valence-electron chi connectivity index (χ1n) is 7.61.